The van der Waals surface area contributed by atoms with Gasteiger partial charge in [0.2, 0.25) is 0 Å². The van der Waals surface area contributed by atoms with E-state index in [2.05, 4.69) is 43.3 Å². The minimum Gasteiger partial charge on any atom is -0.397 e. The van der Waals surface area contributed by atoms with Crippen molar-refractivity contribution in [2.75, 3.05) is 17.6 Å². The third-order valence-electron chi connectivity index (χ3n) is 3.52. The zero-order chi connectivity index (χ0) is 13.3. The van der Waals surface area contributed by atoms with Crippen LogP contribution in [0.4, 0.5) is 11.4 Å². The zero-order valence-corrected chi connectivity index (χ0v) is 11.3. The number of nitrogen functional groups attached to an aromatic ring is 1. The van der Waals surface area contributed by atoms with Crippen LogP contribution < -0.4 is 11.1 Å². The van der Waals surface area contributed by atoms with E-state index in [1.165, 1.54) is 0 Å². The second-order valence-electron chi connectivity index (χ2n) is 5.81. The predicted molar refractivity (Wildman–Crippen MR) is 73.3 cm³/mol. The molecule has 0 aliphatic rings. The van der Waals surface area contributed by atoms with Crippen molar-refractivity contribution in [1.82, 2.24) is 10.3 Å². The highest BCUT2D eigenvalue weighted by Gasteiger charge is 2.20. The van der Waals surface area contributed by atoms with Gasteiger partial charge in [0.1, 0.15) is 0 Å². The molecule has 1 unspecified atom stereocenters. The van der Waals surface area contributed by atoms with E-state index in [-0.39, 0.29) is 5.41 Å². The summed E-state index contributed by atoms with van der Waals surface area (Å²) in [5, 5.41) is 11.1. The Bertz CT molecular complexity index is 541. The summed E-state index contributed by atoms with van der Waals surface area (Å²) in [5.41, 5.74) is 8.87. The zero-order valence-electron chi connectivity index (χ0n) is 11.3. The molecule has 0 bridgehead atoms. The molecular formula is C13H20N4O. The van der Waals surface area contributed by atoms with Gasteiger partial charge in [-0.05, 0) is 33.8 Å². The van der Waals surface area contributed by atoms with Crippen LogP contribution >= 0.6 is 0 Å². The highest BCUT2D eigenvalue weighted by atomic mass is 16.6. The SMILES string of the molecule is CC(CNc1ccc(N)c2nonc12)C(C)(C)C. The maximum atomic E-state index is 5.80. The van der Waals surface area contributed by atoms with Gasteiger partial charge in [0.15, 0.2) is 11.0 Å². The van der Waals surface area contributed by atoms with Gasteiger partial charge in [0, 0.05) is 6.54 Å². The fourth-order valence-corrected chi connectivity index (χ4v) is 1.60. The summed E-state index contributed by atoms with van der Waals surface area (Å²) in [4.78, 5) is 0. The Labute approximate surface area is 107 Å². The van der Waals surface area contributed by atoms with Crippen LogP contribution in [0.25, 0.3) is 11.0 Å². The highest BCUT2D eigenvalue weighted by Crippen LogP contribution is 2.28. The number of hydrogen-bond acceptors (Lipinski definition) is 5. The van der Waals surface area contributed by atoms with Gasteiger partial charge in [-0.2, -0.15) is 0 Å². The van der Waals surface area contributed by atoms with Crippen LogP contribution in [0.1, 0.15) is 27.7 Å². The summed E-state index contributed by atoms with van der Waals surface area (Å²) in [6.07, 6.45) is 0. The molecule has 0 aliphatic heterocycles. The summed E-state index contributed by atoms with van der Waals surface area (Å²) in [5.74, 6) is 0.532. The van der Waals surface area contributed by atoms with Crippen molar-refractivity contribution in [2.24, 2.45) is 11.3 Å². The van der Waals surface area contributed by atoms with Crippen LogP contribution in [0, 0.1) is 11.3 Å². The van der Waals surface area contributed by atoms with Crippen LogP contribution in [0.15, 0.2) is 16.8 Å². The minimum atomic E-state index is 0.266. The summed E-state index contributed by atoms with van der Waals surface area (Å²) in [7, 11) is 0. The lowest BCUT2D eigenvalue weighted by atomic mass is 9.82. The number of nitrogens with two attached hydrogens (primary N) is 1. The van der Waals surface area contributed by atoms with Crippen LogP contribution in [0.2, 0.25) is 0 Å². The van der Waals surface area contributed by atoms with Crippen molar-refractivity contribution in [3.63, 3.8) is 0 Å². The van der Waals surface area contributed by atoms with Crippen molar-refractivity contribution >= 4 is 22.4 Å². The lowest BCUT2D eigenvalue weighted by Gasteiger charge is -2.27. The second-order valence-corrected chi connectivity index (χ2v) is 5.81. The molecular weight excluding hydrogens is 228 g/mol. The van der Waals surface area contributed by atoms with E-state index in [4.69, 9.17) is 10.4 Å². The first-order valence-electron chi connectivity index (χ1n) is 6.14. The number of nitrogens with one attached hydrogen (secondary N) is 1. The number of rotatable bonds is 3. The first kappa shape index (κ1) is 12.7. The normalized spacial score (nSPS) is 13.8. The molecule has 98 valence electrons. The number of benzene rings is 1. The maximum Gasteiger partial charge on any atom is 0.160 e. The minimum absolute atomic E-state index is 0.266. The van der Waals surface area contributed by atoms with Crippen LogP contribution in [-0.4, -0.2) is 16.9 Å². The van der Waals surface area contributed by atoms with Gasteiger partial charge in [-0.15, -0.1) is 0 Å². The van der Waals surface area contributed by atoms with Gasteiger partial charge in [0.25, 0.3) is 0 Å². The molecule has 1 atom stereocenters. The number of aromatic nitrogens is 2. The summed E-state index contributed by atoms with van der Waals surface area (Å²) in [6.45, 7) is 9.79. The van der Waals surface area contributed by atoms with E-state index in [9.17, 15) is 0 Å². The molecule has 18 heavy (non-hydrogen) atoms. The van der Waals surface area contributed by atoms with Crippen molar-refractivity contribution < 1.29 is 4.63 Å². The standard InChI is InChI=1S/C13H20N4O/c1-8(13(2,3)4)7-15-10-6-5-9(14)11-12(10)17-18-16-11/h5-6,8,15H,7,14H2,1-4H3. The molecule has 0 fully saturated rings. The monoisotopic (exact) mass is 248 g/mol. The van der Waals surface area contributed by atoms with Gasteiger partial charge in [-0.25, -0.2) is 4.63 Å². The molecule has 1 aromatic carbocycles. The highest BCUT2D eigenvalue weighted by molar-refractivity contribution is 5.94. The fraction of sp³-hybridized carbons (Fsp3) is 0.538. The first-order chi connectivity index (χ1) is 8.39. The van der Waals surface area contributed by atoms with E-state index in [0.717, 1.165) is 12.2 Å². The molecule has 0 spiro atoms. The number of fused-ring (bicyclic) bond motifs is 1. The van der Waals surface area contributed by atoms with Gasteiger partial charge in [-0.1, -0.05) is 27.7 Å². The summed E-state index contributed by atoms with van der Waals surface area (Å²) < 4.78 is 4.74. The van der Waals surface area contributed by atoms with E-state index in [1.54, 1.807) is 0 Å². The molecule has 0 aliphatic carbocycles. The Balaban J connectivity index is 2.18. The molecule has 1 aromatic heterocycles. The molecule has 1 heterocycles. The van der Waals surface area contributed by atoms with Crippen molar-refractivity contribution in [1.29, 1.82) is 0 Å². The Kier molecular flexibility index (Phi) is 3.15. The topological polar surface area (TPSA) is 77.0 Å². The van der Waals surface area contributed by atoms with E-state index < -0.39 is 0 Å². The van der Waals surface area contributed by atoms with Gasteiger partial charge in [0.05, 0.1) is 11.4 Å². The van der Waals surface area contributed by atoms with E-state index in [1.807, 2.05) is 12.1 Å². The lowest BCUT2D eigenvalue weighted by Crippen LogP contribution is -2.24. The van der Waals surface area contributed by atoms with Crippen LogP contribution in [-0.2, 0) is 0 Å². The molecule has 2 aromatic rings. The Morgan fingerprint density at radius 1 is 1.28 bits per heavy atom. The molecule has 0 radical (unpaired) electrons. The molecule has 5 nitrogen and oxygen atoms in total. The smallest absolute Gasteiger partial charge is 0.160 e. The first-order valence-corrected chi connectivity index (χ1v) is 6.14. The van der Waals surface area contributed by atoms with Gasteiger partial charge in [-0.3, -0.25) is 0 Å². The number of anilines is 2. The predicted octanol–water partition coefficient (Wildman–Crippen LogP) is 2.90. The summed E-state index contributed by atoms with van der Waals surface area (Å²) in [6, 6.07) is 3.73. The van der Waals surface area contributed by atoms with E-state index in [0.29, 0.717) is 22.6 Å². The second kappa shape index (κ2) is 4.48. The van der Waals surface area contributed by atoms with Crippen molar-refractivity contribution in [3.05, 3.63) is 12.1 Å². The average molecular weight is 248 g/mol. The largest absolute Gasteiger partial charge is 0.397 e. The Morgan fingerprint density at radius 3 is 2.61 bits per heavy atom. The molecule has 2 rings (SSSR count). The number of hydrogen-bond donors (Lipinski definition) is 2. The lowest BCUT2D eigenvalue weighted by molar-refractivity contribution is 0.274. The third-order valence-corrected chi connectivity index (χ3v) is 3.52. The number of nitrogens with zero attached hydrogens (tertiary/aromatic N) is 2. The van der Waals surface area contributed by atoms with Crippen LogP contribution in [0.5, 0.6) is 0 Å². The third kappa shape index (κ3) is 2.39. The summed E-state index contributed by atoms with van der Waals surface area (Å²) >= 11 is 0. The Morgan fingerprint density at radius 2 is 1.94 bits per heavy atom. The molecule has 0 amide bonds. The van der Waals surface area contributed by atoms with Gasteiger partial charge < -0.3 is 11.1 Å². The Hall–Kier alpha value is -1.78. The van der Waals surface area contributed by atoms with Crippen molar-refractivity contribution in [2.45, 2.75) is 27.7 Å². The quantitative estimate of drug-likeness (QED) is 0.817. The van der Waals surface area contributed by atoms with E-state index >= 15 is 0 Å². The maximum absolute atomic E-state index is 5.80. The van der Waals surface area contributed by atoms with Crippen molar-refractivity contribution in [3.8, 4) is 0 Å². The van der Waals surface area contributed by atoms with Crippen LogP contribution in [0.3, 0.4) is 0 Å². The molecule has 5 heteroatoms. The molecule has 0 saturated carbocycles. The average Bonchev–Trinajstić information content (AvgIpc) is 2.76. The molecule has 3 N–H and O–H groups in total. The fourth-order valence-electron chi connectivity index (χ4n) is 1.60. The molecule has 0 saturated heterocycles. The van der Waals surface area contributed by atoms with Gasteiger partial charge >= 0.3 is 0 Å².